The molecule has 0 amide bonds. The van der Waals surface area contributed by atoms with Crippen molar-refractivity contribution in [2.45, 2.75) is 0 Å². The molecule has 0 saturated heterocycles. The van der Waals surface area contributed by atoms with Gasteiger partial charge in [-0.15, -0.1) is 26.3 Å². The second-order valence-electron chi connectivity index (χ2n) is 6.09. The van der Waals surface area contributed by atoms with Crippen LogP contribution in [0.5, 0.6) is 0 Å². The molecule has 0 saturated carbocycles. The second kappa shape index (κ2) is 36.2. The van der Waals surface area contributed by atoms with Gasteiger partial charge in [0.2, 0.25) is 0 Å². The van der Waals surface area contributed by atoms with Crippen molar-refractivity contribution in [2.75, 3.05) is 65.4 Å². The van der Waals surface area contributed by atoms with E-state index in [9.17, 15) is 19.2 Å². The van der Waals surface area contributed by atoms with Gasteiger partial charge in [0.25, 0.3) is 0 Å². The molecule has 210 valence electrons. The SMILES string of the molecule is C=CCN.C=CCN.C=CCN.C=CCN.O=C(O)CN(CCN(CC(=O)O)CC(=O)O)CC(=O)O. The van der Waals surface area contributed by atoms with Crippen molar-refractivity contribution in [3.05, 3.63) is 50.6 Å². The van der Waals surface area contributed by atoms with E-state index in [2.05, 4.69) is 26.3 Å². The van der Waals surface area contributed by atoms with E-state index < -0.39 is 50.1 Å². The van der Waals surface area contributed by atoms with Crippen LogP contribution in [0.25, 0.3) is 0 Å². The highest BCUT2D eigenvalue weighted by Crippen LogP contribution is 1.94. The highest BCUT2D eigenvalue weighted by atomic mass is 16.4. The first-order valence-corrected chi connectivity index (χ1v) is 10.4. The molecule has 14 heteroatoms. The standard InChI is InChI=1S/C10H16N2O8.4C3H7N/c13-7(14)3-11(4-8(15)16)1-2-12(5-9(17)18)6-10(19)20;4*1-2-3-4/h1-6H2,(H,13,14)(H,15,16)(H,17,18)(H,19,20);4*2H,1,3-4H2. The van der Waals surface area contributed by atoms with E-state index in [0.717, 1.165) is 9.80 Å². The van der Waals surface area contributed by atoms with Crippen LogP contribution in [0.2, 0.25) is 0 Å². The molecule has 0 rings (SSSR count). The van der Waals surface area contributed by atoms with Gasteiger partial charge in [0.05, 0.1) is 26.2 Å². The summed E-state index contributed by atoms with van der Waals surface area (Å²) in [4.78, 5) is 44.4. The summed E-state index contributed by atoms with van der Waals surface area (Å²) in [5.74, 6) is -4.91. The Balaban J connectivity index is -0.000000161. The largest absolute Gasteiger partial charge is 0.480 e. The van der Waals surface area contributed by atoms with Crippen LogP contribution in [0.4, 0.5) is 0 Å². The lowest BCUT2D eigenvalue weighted by atomic mass is 10.4. The van der Waals surface area contributed by atoms with Gasteiger partial charge in [-0.3, -0.25) is 29.0 Å². The molecule has 0 aliphatic carbocycles. The maximum atomic E-state index is 10.6. The Morgan fingerprint density at radius 2 is 0.639 bits per heavy atom. The van der Waals surface area contributed by atoms with Crippen molar-refractivity contribution in [1.82, 2.24) is 9.80 Å². The zero-order valence-corrected chi connectivity index (χ0v) is 20.8. The molecule has 12 N–H and O–H groups in total. The van der Waals surface area contributed by atoms with Gasteiger partial charge in [-0.25, -0.2) is 0 Å². The van der Waals surface area contributed by atoms with Crippen LogP contribution in [0.1, 0.15) is 0 Å². The summed E-state index contributed by atoms with van der Waals surface area (Å²) in [6.45, 7) is 13.5. The van der Waals surface area contributed by atoms with Crippen LogP contribution in [-0.4, -0.2) is 120 Å². The first-order valence-electron chi connectivity index (χ1n) is 10.4. The molecule has 0 atom stereocenters. The predicted octanol–water partition coefficient (Wildman–Crippen LogP) is -1.55. The Morgan fingerprint density at radius 1 is 0.500 bits per heavy atom. The minimum atomic E-state index is -1.23. The molecule has 0 radical (unpaired) electrons. The van der Waals surface area contributed by atoms with E-state index in [-0.39, 0.29) is 13.1 Å². The molecule has 14 nitrogen and oxygen atoms in total. The zero-order valence-electron chi connectivity index (χ0n) is 20.8. The van der Waals surface area contributed by atoms with Crippen molar-refractivity contribution >= 4 is 23.9 Å². The number of rotatable bonds is 15. The van der Waals surface area contributed by atoms with Gasteiger partial charge in [-0.05, 0) is 0 Å². The maximum Gasteiger partial charge on any atom is 0.317 e. The summed E-state index contributed by atoms with van der Waals surface area (Å²) in [5, 5.41) is 34.5. The summed E-state index contributed by atoms with van der Waals surface area (Å²) >= 11 is 0. The molecule has 36 heavy (non-hydrogen) atoms. The lowest BCUT2D eigenvalue weighted by Crippen LogP contribution is -2.43. The first-order chi connectivity index (χ1) is 16.9. The molecule has 0 aromatic rings. The Kier molecular flexibility index (Phi) is 42.9. The van der Waals surface area contributed by atoms with Gasteiger partial charge in [0, 0.05) is 39.3 Å². The molecule has 0 aliphatic heterocycles. The fraction of sp³-hybridized carbons (Fsp3) is 0.455. The maximum absolute atomic E-state index is 10.6. The smallest absolute Gasteiger partial charge is 0.317 e. The minimum Gasteiger partial charge on any atom is -0.480 e. The van der Waals surface area contributed by atoms with Gasteiger partial charge < -0.3 is 43.4 Å². The van der Waals surface area contributed by atoms with Crippen LogP contribution in [0.3, 0.4) is 0 Å². The summed E-state index contributed by atoms with van der Waals surface area (Å²) in [6, 6.07) is 0. The van der Waals surface area contributed by atoms with Crippen LogP contribution >= 0.6 is 0 Å². The molecule has 0 bridgehead atoms. The molecule has 0 aromatic carbocycles. The normalized spacial score (nSPS) is 8.72. The third-order valence-corrected chi connectivity index (χ3v) is 2.83. The van der Waals surface area contributed by atoms with E-state index in [1.54, 1.807) is 24.3 Å². The topological polar surface area (TPSA) is 260 Å². The van der Waals surface area contributed by atoms with E-state index >= 15 is 0 Å². The van der Waals surface area contributed by atoms with Crippen LogP contribution < -0.4 is 22.9 Å². The predicted molar refractivity (Wildman–Crippen MR) is 140 cm³/mol. The Bertz CT molecular complexity index is 517. The van der Waals surface area contributed by atoms with E-state index in [0.29, 0.717) is 26.2 Å². The number of hydrogen-bond acceptors (Lipinski definition) is 10. The number of carboxylic acids is 4. The van der Waals surface area contributed by atoms with Gasteiger partial charge >= 0.3 is 23.9 Å². The molecule has 0 heterocycles. The Hall–Kier alpha value is -3.40. The number of carboxylic acid groups (broad SMARTS) is 4. The average molecular weight is 521 g/mol. The molecule has 0 fully saturated rings. The summed E-state index contributed by atoms with van der Waals surface area (Å²) < 4.78 is 0. The first kappa shape index (κ1) is 42.7. The van der Waals surface area contributed by atoms with Crippen LogP contribution in [0, 0.1) is 0 Å². The Morgan fingerprint density at radius 3 is 0.722 bits per heavy atom. The number of nitrogens with zero attached hydrogens (tertiary/aromatic N) is 2. The molecule has 0 aliphatic rings. The minimum absolute atomic E-state index is 0.0703. The van der Waals surface area contributed by atoms with Gasteiger partial charge in [-0.2, -0.15) is 0 Å². The third-order valence-electron chi connectivity index (χ3n) is 2.83. The molecular weight excluding hydrogens is 476 g/mol. The summed E-state index contributed by atoms with van der Waals surface area (Å²) in [7, 11) is 0. The Labute approximate surface area is 212 Å². The van der Waals surface area contributed by atoms with E-state index in [1.807, 2.05) is 0 Å². The van der Waals surface area contributed by atoms with Crippen LogP contribution in [-0.2, 0) is 19.2 Å². The van der Waals surface area contributed by atoms with Crippen LogP contribution in [0.15, 0.2) is 50.6 Å². The monoisotopic (exact) mass is 520 g/mol. The van der Waals surface area contributed by atoms with Gasteiger partial charge in [0.15, 0.2) is 0 Å². The number of carbonyl (C=O) groups is 4. The fourth-order valence-corrected chi connectivity index (χ4v) is 1.48. The summed E-state index contributed by atoms with van der Waals surface area (Å²) in [5.41, 5.74) is 19.6. The highest BCUT2D eigenvalue weighted by Gasteiger charge is 2.17. The lowest BCUT2D eigenvalue weighted by molar-refractivity contribution is -0.145. The number of nitrogens with two attached hydrogens (primary N) is 4. The molecule has 0 aromatic heterocycles. The van der Waals surface area contributed by atoms with E-state index in [4.69, 9.17) is 43.4 Å². The van der Waals surface area contributed by atoms with Crippen molar-refractivity contribution in [3.63, 3.8) is 0 Å². The lowest BCUT2D eigenvalue weighted by Gasteiger charge is -2.23. The van der Waals surface area contributed by atoms with Crippen molar-refractivity contribution in [2.24, 2.45) is 22.9 Å². The molecule has 0 spiro atoms. The average Bonchev–Trinajstić information content (AvgIpc) is 2.81. The third kappa shape index (κ3) is 57.5. The summed E-state index contributed by atoms with van der Waals surface area (Å²) in [6.07, 6.45) is 6.61. The highest BCUT2D eigenvalue weighted by molar-refractivity contribution is 5.73. The zero-order chi connectivity index (χ0) is 29.4. The van der Waals surface area contributed by atoms with E-state index in [1.165, 1.54) is 0 Å². The van der Waals surface area contributed by atoms with Crippen molar-refractivity contribution in [3.8, 4) is 0 Å². The second-order valence-corrected chi connectivity index (χ2v) is 6.09. The molecule has 0 unspecified atom stereocenters. The van der Waals surface area contributed by atoms with Crippen molar-refractivity contribution in [1.29, 1.82) is 0 Å². The number of hydrogen-bond donors (Lipinski definition) is 8. The quantitative estimate of drug-likeness (QED) is 0.114. The molecular formula is C22H44N6O8. The van der Waals surface area contributed by atoms with Gasteiger partial charge in [0.1, 0.15) is 0 Å². The van der Waals surface area contributed by atoms with Gasteiger partial charge in [-0.1, -0.05) is 24.3 Å². The number of aliphatic carboxylic acids is 4. The van der Waals surface area contributed by atoms with Crippen molar-refractivity contribution < 1.29 is 39.6 Å². The fourth-order valence-electron chi connectivity index (χ4n) is 1.48.